The summed E-state index contributed by atoms with van der Waals surface area (Å²) in [6, 6.07) is 13.6. The first-order valence-corrected chi connectivity index (χ1v) is 10.8. The molecule has 8 heteroatoms. The van der Waals surface area contributed by atoms with Crippen molar-refractivity contribution in [1.82, 2.24) is 20.2 Å². The van der Waals surface area contributed by atoms with E-state index in [2.05, 4.69) is 32.3 Å². The van der Waals surface area contributed by atoms with Crippen molar-refractivity contribution < 1.29 is 14.3 Å². The van der Waals surface area contributed by atoms with Crippen LogP contribution in [0.15, 0.2) is 42.5 Å². The summed E-state index contributed by atoms with van der Waals surface area (Å²) in [5.74, 6) is 0.206. The molecular weight excluding hydrogens is 406 g/mol. The number of carbonyl (C=O) groups is 2. The third-order valence-electron chi connectivity index (χ3n) is 5.40. The van der Waals surface area contributed by atoms with E-state index in [1.165, 1.54) is 5.56 Å². The van der Waals surface area contributed by atoms with Crippen molar-refractivity contribution in [3.8, 4) is 11.4 Å². The van der Waals surface area contributed by atoms with E-state index in [9.17, 15) is 9.59 Å². The van der Waals surface area contributed by atoms with Gasteiger partial charge in [0.1, 0.15) is 16.9 Å². The van der Waals surface area contributed by atoms with E-state index < -0.39 is 11.5 Å². The highest BCUT2D eigenvalue weighted by Gasteiger charge is 2.26. The number of nitrogens with two attached hydrogens (primary N) is 1. The summed E-state index contributed by atoms with van der Waals surface area (Å²) in [6.07, 6.45) is 0.539. The van der Waals surface area contributed by atoms with Gasteiger partial charge in [-0.3, -0.25) is 9.69 Å². The molecule has 1 aromatic heterocycles. The molecule has 4 rings (SSSR count). The van der Waals surface area contributed by atoms with Crippen LogP contribution in [0, 0.1) is 0 Å². The highest BCUT2D eigenvalue weighted by molar-refractivity contribution is 6.04. The number of aromatic amines is 1. The van der Waals surface area contributed by atoms with Crippen LogP contribution in [0.1, 0.15) is 43.1 Å². The van der Waals surface area contributed by atoms with Gasteiger partial charge >= 0.3 is 6.09 Å². The van der Waals surface area contributed by atoms with Crippen molar-refractivity contribution in [2.75, 3.05) is 13.1 Å². The number of ether oxygens (including phenoxy) is 1. The van der Waals surface area contributed by atoms with Gasteiger partial charge in [-0.15, -0.1) is 0 Å². The van der Waals surface area contributed by atoms with E-state index in [0.717, 1.165) is 37.1 Å². The number of benzene rings is 2. The number of hydrogen-bond acceptors (Lipinski definition) is 5. The Bertz CT molecular complexity index is 1130. The van der Waals surface area contributed by atoms with Gasteiger partial charge in [0.2, 0.25) is 0 Å². The zero-order valence-corrected chi connectivity index (χ0v) is 18.6. The van der Waals surface area contributed by atoms with Crippen molar-refractivity contribution in [3.63, 3.8) is 0 Å². The molecule has 2 heterocycles. The van der Waals surface area contributed by atoms with Crippen LogP contribution in [0.5, 0.6) is 0 Å². The Morgan fingerprint density at radius 2 is 1.97 bits per heavy atom. The lowest BCUT2D eigenvalue weighted by molar-refractivity contribution is 0.0505. The first kappa shape index (κ1) is 21.8. The first-order valence-electron chi connectivity index (χ1n) is 10.8. The smallest absolute Gasteiger partial charge is 0.407 e. The average molecular weight is 436 g/mol. The SMILES string of the molecule is CC(C)(C)OC(=O)NC1CCN(Cc2ccc(-c3nc4c(C(N)=O)cccc4[nH]3)cc2)C1. The fourth-order valence-electron chi connectivity index (χ4n) is 3.96. The van der Waals surface area contributed by atoms with Crippen LogP contribution in [0.4, 0.5) is 4.79 Å². The molecule has 8 nitrogen and oxygen atoms in total. The minimum atomic E-state index is -0.495. The molecule has 0 radical (unpaired) electrons. The maximum atomic E-state index is 12.0. The van der Waals surface area contributed by atoms with Crippen LogP contribution in [-0.2, 0) is 11.3 Å². The summed E-state index contributed by atoms with van der Waals surface area (Å²) >= 11 is 0. The fourth-order valence-corrected chi connectivity index (χ4v) is 3.96. The molecule has 4 N–H and O–H groups in total. The second kappa shape index (κ2) is 8.63. The largest absolute Gasteiger partial charge is 0.444 e. The van der Waals surface area contributed by atoms with Crippen molar-refractivity contribution in [1.29, 1.82) is 0 Å². The molecule has 1 fully saturated rings. The molecule has 0 bridgehead atoms. The predicted octanol–water partition coefficient (Wildman–Crippen LogP) is 3.43. The number of nitrogens with zero attached hydrogens (tertiary/aromatic N) is 2. The van der Waals surface area contributed by atoms with E-state index >= 15 is 0 Å². The number of rotatable bonds is 5. The number of hydrogen-bond donors (Lipinski definition) is 3. The lowest BCUT2D eigenvalue weighted by Gasteiger charge is -2.22. The minimum absolute atomic E-state index is 0.0964. The Labute approximate surface area is 187 Å². The van der Waals surface area contributed by atoms with Crippen LogP contribution in [0.25, 0.3) is 22.4 Å². The van der Waals surface area contributed by atoms with Gasteiger partial charge in [0.25, 0.3) is 5.91 Å². The lowest BCUT2D eigenvalue weighted by Crippen LogP contribution is -2.40. The number of H-pyrrole nitrogens is 1. The summed E-state index contributed by atoms with van der Waals surface area (Å²) < 4.78 is 5.35. The van der Waals surface area contributed by atoms with Gasteiger partial charge in [0.15, 0.2) is 0 Å². The third-order valence-corrected chi connectivity index (χ3v) is 5.40. The van der Waals surface area contributed by atoms with Crippen LogP contribution in [0.3, 0.4) is 0 Å². The standard InChI is InChI=1S/C24H29N5O3/c1-24(2,3)32-23(31)26-17-11-12-29(14-17)13-15-7-9-16(10-8-15)22-27-19-6-4-5-18(21(25)30)20(19)28-22/h4-10,17H,11-14H2,1-3H3,(H2,25,30)(H,26,31)(H,27,28). The number of amides is 2. The molecule has 32 heavy (non-hydrogen) atoms. The number of likely N-dealkylation sites (tertiary alicyclic amines) is 1. The maximum absolute atomic E-state index is 12.0. The Hall–Kier alpha value is -3.39. The summed E-state index contributed by atoms with van der Waals surface area (Å²) in [5, 5.41) is 2.96. The second-order valence-corrected chi connectivity index (χ2v) is 9.22. The molecule has 1 aliphatic heterocycles. The number of aromatic nitrogens is 2. The molecule has 0 aliphatic carbocycles. The highest BCUT2D eigenvalue weighted by Crippen LogP contribution is 2.24. The number of alkyl carbamates (subject to hydrolysis) is 1. The number of fused-ring (bicyclic) bond motifs is 1. The first-order chi connectivity index (χ1) is 15.2. The van der Waals surface area contributed by atoms with Gasteiger partial charge in [0.05, 0.1) is 11.1 Å². The Kier molecular flexibility index (Phi) is 5.88. The quantitative estimate of drug-likeness (QED) is 0.568. The number of para-hydroxylation sites is 1. The Balaban J connectivity index is 1.38. The lowest BCUT2D eigenvalue weighted by atomic mass is 10.1. The van der Waals surface area contributed by atoms with Crippen LogP contribution >= 0.6 is 0 Å². The molecular formula is C24H29N5O3. The molecule has 2 amide bonds. The minimum Gasteiger partial charge on any atom is -0.444 e. The molecule has 0 spiro atoms. The molecule has 2 aromatic carbocycles. The number of carbonyl (C=O) groups excluding carboxylic acids is 2. The van der Waals surface area contributed by atoms with Gasteiger partial charge in [-0.2, -0.15) is 0 Å². The van der Waals surface area contributed by atoms with Gasteiger partial charge in [-0.05, 0) is 44.9 Å². The Morgan fingerprint density at radius 3 is 2.66 bits per heavy atom. The molecule has 168 valence electrons. The Morgan fingerprint density at radius 1 is 1.22 bits per heavy atom. The molecule has 1 aliphatic rings. The summed E-state index contributed by atoms with van der Waals surface area (Å²) in [4.78, 5) is 33.8. The van der Waals surface area contributed by atoms with Gasteiger partial charge in [-0.1, -0.05) is 30.3 Å². The van der Waals surface area contributed by atoms with Gasteiger partial charge in [0, 0.05) is 31.2 Å². The monoisotopic (exact) mass is 435 g/mol. The molecule has 1 unspecified atom stereocenters. The fraction of sp³-hybridized carbons (Fsp3) is 0.375. The van der Waals surface area contributed by atoms with Crippen LogP contribution in [0.2, 0.25) is 0 Å². The average Bonchev–Trinajstić information content (AvgIpc) is 3.33. The van der Waals surface area contributed by atoms with E-state index in [-0.39, 0.29) is 12.1 Å². The normalized spacial score (nSPS) is 16.9. The summed E-state index contributed by atoms with van der Waals surface area (Å²) in [5.41, 5.74) is 8.85. The molecule has 0 saturated carbocycles. The van der Waals surface area contributed by atoms with Crippen LogP contribution in [-0.4, -0.2) is 51.6 Å². The molecule has 1 saturated heterocycles. The van der Waals surface area contributed by atoms with Crippen molar-refractivity contribution in [2.24, 2.45) is 5.73 Å². The zero-order chi connectivity index (χ0) is 22.9. The van der Waals surface area contributed by atoms with Gasteiger partial charge < -0.3 is 20.8 Å². The van der Waals surface area contributed by atoms with E-state index in [1.54, 1.807) is 12.1 Å². The van der Waals surface area contributed by atoms with Crippen molar-refractivity contribution in [3.05, 3.63) is 53.6 Å². The van der Waals surface area contributed by atoms with Gasteiger partial charge in [-0.25, -0.2) is 9.78 Å². The molecule has 1 atom stereocenters. The zero-order valence-electron chi connectivity index (χ0n) is 18.6. The van der Waals surface area contributed by atoms with Crippen LogP contribution < -0.4 is 11.1 Å². The summed E-state index contributed by atoms with van der Waals surface area (Å²) in [7, 11) is 0. The predicted molar refractivity (Wildman–Crippen MR) is 123 cm³/mol. The van der Waals surface area contributed by atoms with E-state index in [1.807, 2.05) is 39.0 Å². The second-order valence-electron chi connectivity index (χ2n) is 9.22. The highest BCUT2D eigenvalue weighted by atomic mass is 16.6. The summed E-state index contributed by atoms with van der Waals surface area (Å²) in [6.45, 7) is 8.10. The van der Waals surface area contributed by atoms with Crippen molar-refractivity contribution in [2.45, 2.75) is 45.4 Å². The number of nitrogens with one attached hydrogen (secondary N) is 2. The van der Waals surface area contributed by atoms with E-state index in [4.69, 9.17) is 10.5 Å². The topological polar surface area (TPSA) is 113 Å². The van der Waals surface area contributed by atoms with E-state index in [0.29, 0.717) is 16.9 Å². The number of primary amides is 1. The molecule has 3 aromatic rings. The van der Waals surface area contributed by atoms with Crippen molar-refractivity contribution >= 4 is 23.0 Å². The third kappa shape index (κ3) is 5.08. The number of imidazole rings is 1. The maximum Gasteiger partial charge on any atom is 0.407 e.